The van der Waals surface area contributed by atoms with E-state index < -0.39 is 5.60 Å². The first kappa shape index (κ1) is 12.8. The van der Waals surface area contributed by atoms with E-state index in [-0.39, 0.29) is 11.9 Å². The molecule has 1 fully saturated rings. The third-order valence-corrected chi connectivity index (χ3v) is 3.78. The second kappa shape index (κ2) is 5.75. The van der Waals surface area contributed by atoms with Crippen molar-refractivity contribution in [3.05, 3.63) is 0 Å². The SMILES string of the molecule is CCOC(=O)C1CCC(O)(CSC)CC1. The van der Waals surface area contributed by atoms with E-state index in [2.05, 4.69) is 0 Å². The Kier molecular flexibility index (Phi) is 4.93. The Morgan fingerprint density at radius 2 is 2.13 bits per heavy atom. The minimum atomic E-state index is -0.553. The lowest BCUT2D eigenvalue weighted by atomic mass is 9.80. The lowest BCUT2D eigenvalue weighted by Gasteiger charge is -2.34. The molecule has 0 unspecified atom stereocenters. The van der Waals surface area contributed by atoms with Crippen LogP contribution in [0.1, 0.15) is 32.6 Å². The summed E-state index contributed by atoms with van der Waals surface area (Å²) in [6, 6.07) is 0. The van der Waals surface area contributed by atoms with E-state index in [4.69, 9.17) is 4.74 Å². The summed E-state index contributed by atoms with van der Waals surface area (Å²) in [5, 5.41) is 10.1. The van der Waals surface area contributed by atoms with Gasteiger partial charge in [-0.3, -0.25) is 4.79 Å². The maximum absolute atomic E-state index is 11.5. The molecule has 0 saturated heterocycles. The van der Waals surface area contributed by atoms with Gasteiger partial charge in [-0.1, -0.05) is 0 Å². The third kappa shape index (κ3) is 3.68. The summed E-state index contributed by atoms with van der Waals surface area (Å²) < 4.78 is 4.98. The summed E-state index contributed by atoms with van der Waals surface area (Å²) in [4.78, 5) is 11.5. The van der Waals surface area contributed by atoms with Gasteiger partial charge >= 0.3 is 5.97 Å². The van der Waals surface area contributed by atoms with Gasteiger partial charge in [0.15, 0.2) is 0 Å². The van der Waals surface area contributed by atoms with Crippen LogP contribution in [-0.4, -0.2) is 35.3 Å². The molecule has 1 N–H and O–H groups in total. The quantitative estimate of drug-likeness (QED) is 0.751. The van der Waals surface area contributed by atoms with Crippen LogP contribution in [0.2, 0.25) is 0 Å². The van der Waals surface area contributed by atoms with Crippen molar-refractivity contribution in [2.45, 2.75) is 38.2 Å². The first-order chi connectivity index (χ1) is 7.11. The first-order valence-corrected chi connectivity index (χ1v) is 6.88. The lowest BCUT2D eigenvalue weighted by Crippen LogP contribution is -2.38. The highest BCUT2D eigenvalue weighted by Crippen LogP contribution is 2.34. The average molecular weight is 232 g/mol. The molecular weight excluding hydrogens is 212 g/mol. The topological polar surface area (TPSA) is 46.5 Å². The van der Waals surface area contributed by atoms with E-state index in [1.54, 1.807) is 11.8 Å². The molecule has 0 aromatic carbocycles. The van der Waals surface area contributed by atoms with Crippen LogP contribution < -0.4 is 0 Å². The zero-order chi connectivity index (χ0) is 11.3. The number of esters is 1. The molecule has 15 heavy (non-hydrogen) atoms. The van der Waals surface area contributed by atoms with Crippen LogP contribution in [-0.2, 0) is 9.53 Å². The molecule has 0 aromatic rings. The first-order valence-electron chi connectivity index (χ1n) is 5.49. The van der Waals surface area contributed by atoms with Crippen LogP contribution in [0.3, 0.4) is 0 Å². The van der Waals surface area contributed by atoms with Gasteiger partial charge in [0, 0.05) is 5.75 Å². The second-order valence-electron chi connectivity index (χ2n) is 4.18. The van der Waals surface area contributed by atoms with Gasteiger partial charge in [0.25, 0.3) is 0 Å². The molecule has 1 saturated carbocycles. The maximum atomic E-state index is 11.5. The highest BCUT2D eigenvalue weighted by molar-refractivity contribution is 7.98. The summed E-state index contributed by atoms with van der Waals surface area (Å²) in [6.45, 7) is 2.27. The van der Waals surface area contributed by atoms with Crippen LogP contribution >= 0.6 is 11.8 Å². The van der Waals surface area contributed by atoms with Crippen LogP contribution in [0.4, 0.5) is 0 Å². The average Bonchev–Trinajstić information content (AvgIpc) is 2.19. The molecule has 0 spiro atoms. The van der Waals surface area contributed by atoms with Crippen molar-refractivity contribution in [2.75, 3.05) is 18.6 Å². The molecule has 88 valence electrons. The van der Waals surface area contributed by atoms with Crippen molar-refractivity contribution in [3.63, 3.8) is 0 Å². The van der Waals surface area contributed by atoms with Crippen molar-refractivity contribution < 1.29 is 14.6 Å². The van der Waals surface area contributed by atoms with Crippen LogP contribution in [0, 0.1) is 5.92 Å². The highest BCUT2D eigenvalue weighted by Gasteiger charge is 2.35. The zero-order valence-electron chi connectivity index (χ0n) is 9.49. The summed E-state index contributed by atoms with van der Waals surface area (Å²) in [6.07, 6.45) is 4.95. The molecule has 0 atom stereocenters. The van der Waals surface area contributed by atoms with E-state index in [1.807, 2.05) is 13.2 Å². The highest BCUT2D eigenvalue weighted by atomic mass is 32.2. The van der Waals surface area contributed by atoms with Crippen molar-refractivity contribution in [1.82, 2.24) is 0 Å². The number of hydrogen-bond donors (Lipinski definition) is 1. The number of carbonyl (C=O) groups excluding carboxylic acids is 1. The van der Waals surface area contributed by atoms with Gasteiger partial charge in [0.05, 0.1) is 18.1 Å². The Labute approximate surface area is 95.6 Å². The van der Waals surface area contributed by atoms with E-state index in [0.717, 1.165) is 31.4 Å². The van der Waals surface area contributed by atoms with E-state index in [1.165, 1.54) is 0 Å². The van der Waals surface area contributed by atoms with E-state index in [9.17, 15) is 9.90 Å². The molecule has 0 radical (unpaired) electrons. The van der Waals surface area contributed by atoms with Gasteiger partial charge < -0.3 is 9.84 Å². The normalized spacial score (nSPS) is 31.3. The summed E-state index contributed by atoms with van der Waals surface area (Å²) in [5.74, 6) is 0.679. The zero-order valence-corrected chi connectivity index (χ0v) is 10.3. The molecule has 1 aliphatic rings. The maximum Gasteiger partial charge on any atom is 0.308 e. The van der Waals surface area contributed by atoms with Crippen LogP contribution in [0.25, 0.3) is 0 Å². The number of rotatable bonds is 4. The van der Waals surface area contributed by atoms with Gasteiger partial charge in [-0.2, -0.15) is 11.8 Å². The minimum absolute atomic E-state index is 0.00656. The van der Waals surface area contributed by atoms with Gasteiger partial charge in [0.1, 0.15) is 0 Å². The predicted octanol–water partition coefficient (Wildman–Crippen LogP) is 1.83. The molecule has 3 nitrogen and oxygen atoms in total. The molecule has 0 aromatic heterocycles. The van der Waals surface area contributed by atoms with E-state index in [0.29, 0.717) is 6.61 Å². The Hall–Kier alpha value is -0.220. The molecule has 0 amide bonds. The van der Waals surface area contributed by atoms with Crippen molar-refractivity contribution in [3.8, 4) is 0 Å². The van der Waals surface area contributed by atoms with Crippen molar-refractivity contribution >= 4 is 17.7 Å². The van der Waals surface area contributed by atoms with Gasteiger partial charge in [-0.15, -0.1) is 0 Å². The molecule has 4 heteroatoms. The minimum Gasteiger partial charge on any atom is -0.466 e. The van der Waals surface area contributed by atoms with Crippen LogP contribution in [0.5, 0.6) is 0 Å². The van der Waals surface area contributed by atoms with Gasteiger partial charge in [0.2, 0.25) is 0 Å². The molecular formula is C11H20O3S. The summed E-state index contributed by atoms with van der Waals surface area (Å²) in [7, 11) is 0. The fraction of sp³-hybridized carbons (Fsp3) is 0.909. The second-order valence-corrected chi connectivity index (χ2v) is 5.05. The number of carbonyl (C=O) groups is 1. The number of ether oxygens (including phenoxy) is 1. The summed E-state index contributed by atoms with van der Waals surface area (Å²) in [5.41, 5.74) is -0.553. The van der Waals surface area contributed by atoms with E-state index >= 15 is 0 Å². The molecule has 0 bridgehead atoms. The predicted molar refractivity (Wildman–Crippen MR) is 61.9 cm³/mol. The Balaban J connectivity index is 2.38. The molecule has 1 rings (SSSR count). The lowest BCUT2D eigenvalue weighted by molar-refractivity contribution is -0.150. The Morgan fingerprint density at radius 3 is 2.60 bits per heavy atom. The fourth-order valence-electron chi connectivity index (χ4n) is 2.06. The van der Waals surface area contributed by atoms with Crippen molar-refractivity contribution in [1.29, 1.82) is 0 Å². The van der Waals surface area contributed by atoms with Crippen molar-refractivity contribution in [2.24, 2.45) is 5.92 Å². The third-order valence-electron chi connectivity index (χ3n) is 2.95. The largest absolute Gasteiger partial charge is 0.466 e. The molecule has 0 heterocycles. The van der Waals surface area contributed by atoms with Gasteiger partial charge in [-0.25, -0.2) is 0 Å². The summed E-state index contributed by atoms with van der Waals surface area (Å²) >= 11 is 1.66. The number of aliphatic hydroxyl groups is 1. The Bertz CT molecular complexity index is 210. The molecule has 0 aliphatic heterocycles. The molecule has 1 aliphatic carbocycles. The Morgan fingerprint density at radius 1 is 1.53 bits per heavy atom. The van der Waals surface area contributed by atoms with Gasteiger partial charge in [-0.05, 0) is 38.9 Å². The van der Waals surface area contributed by atoms with Crippen LogP contribution in [0.15, 0.2) is 0 Å². The number of hydrogen-bond acceptors (Lipinski definition) is 4. The monoisotopic (exact) mass is 232 g/mol. The standard InChI is InChI=1S/C11H20O3S/c1-3-14-10(12)9-4-6-11(13,7-5-9)8-15-2/h9,13H,3-8H2,1-2H3. The fourth-order valence-corrected chi connectivity index (χ4v) is 2.89. The number of thioether (sulfide) groups is 1. The smallest absolute Gasteiger partial charge is 0.308 e.